The number of H-pyrrole nitrogens is 1. The molecule has 2 rings (SSSR count). The molecule has 4 N–H and O–H groups in total. The molecule has 0 unspecified atom stereocenters. The first-order valence-corrected chi connectivity index (χ1v) is 10.1. The number of nitrogens with zero attached hydrogens (tertiary/aromatic N) is 2. The van der Waals surface area contributed by atoms with E-state index in [1.165, 1.54) is 23.8 Å². The summed E-state index contributed by atoms with van der Waals surface area (Å²) in [5.74, 6) is 0.188. The van der Waals surface area contributed by atoms with Gasteiger partial charge in [-0.15, -0.1) is 0 Å². The minimum Gasteiger partial charge on any atom is -0.383 e. The first-order valence-electron chi connectivity index (χ1n) is 9.70. The van der Waals surface area contributed by atoms with Crippen molar-refractivity contribution in [2.24, 2.45) is 0 Å². The van der Waals surface area contributed by atoms with Crippen LogP contribution in [-0.4, -0.2) is 27.3 Å². The Morgan fingerprint density at radius 3 is 2.58 bits per heavy atom. The van der Waals surface area contributed by atoms with Crippen molar-refractivity contribution in [1.82, 2.24) is 14.9 Å². The molecule has 1 heterocycles. The minimum absolute atomic E-state index is 0.188. The highest BCUT2D eigenvalue weighted by molar-refractivity contribution is 7.80. The van der Waals surface area contributed by atoms with Gasteiger partial charge in [-0.1, -0.05) is 39.5 Å². The standard InChI is InChI=1S/C18H31N5O2S/c1-3-5-12-23-15(19)14(16(24)21-17(23)25)22(11-4-2)18(26)20-13-9-7-6-8-10-13/h13H,3-12,19H2,1-2H3,(H,20,26)(H,21,24,25). The van der Waals surface area contributed by atoms with Gasteiger partial charge in [0.1, 0.15) is 5.82 Å². The van der Waals surface area contributed by atoms with Gasteiger partial charge in [-0.3, -0.25) is 14.3 Å². The van der Waals surface area contributed by atoms with E-state index in [0.717, 1.165) is 32.1 Å². The molecule has 0 amide bonds. The van der Waals surface area contributed by atoms with E-state index >= 15 is 0 Å². The third-order valence-electron chi connectivity index (χ3n) is 4.84. The van der Waals surface area contributed by atoms with Crippen LogP contribution < -0.4 is 27.2 Å². The molecule has 1 fully saturated rings. The molecule has 0 aliphatic heterocycles. The predicted octanol–water partition coefficient (Wildman–Crippen LogP) is 2.34. The zero-order valence-corrected chi connectivity index (χ0v) is 16.7. The summed E-state index contributed by atoms with van der Waals surface area (Å²) < 4.78 is 1.44. The third kappa shape index (κ3) is 4.87. The molecule has 0 bridgehead atoms. The maximum Gasteiger partial charge on any atom is 0.330 e. The number of nitrogens with two attached hydrogens (primary N) is 1. The first-order chi connectivity index (χ1) is 12.5. The Balaban J connectivity index is 2.34. The lowest BCUT2D eigenvalue weighted by Crippen LogP contribution is -2.49. The van der Waals surface area contributed by atoms with Crippen LogP contribution in [0, 0.1) is 0 Å². The van der Waals surface area contributed by atoms with E-state index in [2.05, 4.69) is 10.3 Å². The highest BCUT2D eigenvalue weighted by Gasteiger charge is 2.23. The second-order valence-electron chi connectivity index (χ2n) is 6.93. The summed E-state index contributed by atoms with van der Waals surface area (Å²) in [5, 5.41) is 3.91. The van der Waals surface area contributed by atoms with Gasteiger partial charge >= 0.3 is 5.69 Å². The number of aromatic amines is 1. The van der Waals surface area contributed by atoms with Crippen LogP contribution in [0.2, 0.25) is 0 Å². The average molecular weight is 382 g/mol. The Labute approximate surface area is 160 Å². The summed E-state index contributed by atoms with van der Waals surface area (Å²) in [6, 6.07) is 0.335. The molecule has 1 aromatic heterocycles. The lowest BCUT2D eigenvalue weighted by Gasteiger charge is -2.31. The van der Waals surface area contributed by atoms with Gasteiger partial charge in [0.15, 0.2) is 10.8 Å². The van der Waals surface area contributed by atoms with Crippen LogP contribution in [0.15, 0.2) is 9.59 Å². The van der Waals surface area contributed by atoms with E-state index in [1.807, 2.05) is 13.8 Å². The van der Waals surface area contributed by atoms with Crippen molar-refractivity contribution < 1.29 is 0 Å². The fraction of sp³-hybridized carbons (Fsp3) is 0.722. The highest BCUT2D eigenvalue weighted by Crippen LogP contribution is 2.21. The second kappa shape index (κ2) is 9.75. The highest BCUT2D eigenvalue weighted by atomic mass is 32.1. The Morgan fingerprint density at radius 2 is 1.96 bits per heavy atom. The second-order valence-corrected chi connectivity index (χ2v) is 7.32. The summed E-state index contributed by atoms with van der Waals surface area (Å²) in [6.07, 6.45) is 8.37. The van der Waals surface area contributed by atoms with Crippen LogP contribution in [-0.2, 0) is 6.54 Å². The normalized spacial score (nSPS) is 15.0. The predicted molar refractivity (Wildman–Crippen MR) is 111 cm³/mol. The topological polar surface area (TPSA) is 96.2 Å². The molecule has 1 aromatic rings. The molecular formula is C18H31N5O2S. The van der Waals surface area contributed by atoms with Crippen LogP contribution in [0.1, 0.15) is 65.2 Å². The van der Waals surface area contributed by atoms with Gasteiger partial charge in [-0.2, -0.15) is 0 Å². The molecule has 0 aromatic carbocycles. The van der Waals surface area contributed by atoms with Crippen LogP contribution in [0.3, 0.4) is 0 Å². The minimum atomic E-state index is -0.485. The number of unbranched alkanes of at least 4 members (excludes halogenated alkanes) is 1. The molecule has 146 valence electrons. The zero-order chi connectivity index (χ0) is 19.1. The Morgan fingerprint density at radius 1 is 1.27 bits per heavy atom. The van der Waals surface area contributed by atoms with E-state index < -0.39 is 11.2 Å². The van der Waals surface area contributed by atoms with E-state index in [9.17, 15) is 9.59 Å². The van der Waals surface area contributed by atoms with E-state index in [-0.39, 0.29) is 11.5 Å². The lowest BCUT2D eigenvalue weighted by molar-refractivity contribution is 0.413. The summed E-state index contributed by atoms with van der Waals surface area (Å²) in [6.45, 7) is 5.11. The smallest absolute Gasteiger partial charge is 0.330 e. The molecule has 26 heavy (non-hydrogen) atoms. The van der Waals surface area contributed by atoms with Gasteiger partial charge in [0.25, 0.3) is 5.56 Å². The van der Waals surface area contributed by atoms with Crippen molar-refractivity contribution in [3.63, 3.8) is 0 Å². The van der Waals surface area contributed by atoms with Gasteiger partial charge in [0, 0.05) is 19.1 Å². The third-order valence-corrected chi connectivity index (χ3v) is 5.18. The van der Waals surface area contributed by atoms with Gasteiger partial charge in [-0.05, 0) is 37.9 Å². The molecule has 0 saturated heterocycles. The van der Waals surface area contributed by atoms with Crippen LogP contribution in [0.25, 0.3) is 0 Å². The monoisotopic (exact) mass is 381 g/mol. The van der Waals surface area contributed by atoms with Crippen molar-refractivity contribution in [2.45, 2.75) is 77.8 Å². The van der Waals surface area contributed by atoms with E-state index in [4.69, 9.17) is 18.0 Å². The molecule has 0 radical (unpaired) electrons. The maximum atomic E-state index is 12.5. The van der Waals surface area contributed by atoms with Crippen molar-refractivity contribution in [1.29, 1.82) is 0 Å². The zero-order valence-electron chi connectivity index (χ0n) is 15.8. The van der Waals surface area contributed by atoms with Crippen molar-refractivity contribution in [3.8, 4) is 0 Å². The van der Waals surface area contributed by atoms with Crippen LogP contribution in [0.4, 0.5) is 11.5 Å². The van der Waals surface area contributed by atoms with Crippen molar-refractivity contribution in [3.05, 3.63) is 20.8 Å². The average Bonchev–Trinajstić information content (AvgIpc) is 2.61. The van der Waals surface area contributed by atoms with Crippen LogP contribution >= 0.6 is 12.2 Å². The molecule has 0 spiro atoms. The summed E-state index contributed by atoms with van der Waals surface area (Å²) >= 11 is 5.61. The van der Waals surface area contributed by atoms with Gasteiger partial charge in [-0.25, -0.2) is 4.79 Å². The molecular weight excluding hydrogens is 350 g/mol. The molecule has 8 heteroatoms. The fourth-order valence-corrected chi connectivity index (χ4v) is 3.76. The summed E-state index contributed by atoms with van der Waals surface area (Å²) in [7, 11) is 0. The number of hydrogen-bond donors (Lipinski definition) is 3. The molecule has 7 nitrogen and oxygen atoms in total. The largest absolute Gasteiger partial charge is 0.383 e. The number of anilines is 2. The summed E-state index contributed by atoms with van der Waals surface area (Å²) in [5.41, 5.74) is 5.57. The number of hydrogen-bond acceptors (Lipinski definition) is 4. The molecule has 1 aliphatic rings. The van der Waals surface area contributed by atoms with Gasteiger partial charge < -0.3 is 16.0 Å². The van der Waals surface area contributed by atoms with Gasteiger partial charge in [0.2, 0.25) is 0 Å². The number of nitrogen functional groups attached to an aromatic ring is 1. The summed E-state index contributed by atoms with van der Waals surface area (Å²) in [4.78, 5) is 28.8. The Bertz CT molecular complexity index is 721. The van der Waals surface area contributed by atoms with E-state index in [1.54, 1.807) is 4.90 Å². The lowest BCUT2D eigenvalue weighted by atomic mass is 9.96. The first kappa shape index (κ1) is 20.5. The molecule has 1 saturated carbocycles. The molecule has 0 atom stereocenters. The molecule has 1 aliphatic carbocycles. The maximum absolute atomic E-state index is 12.5. The number of aromatic nitrogens is 2. The Hall–Kier alpha value is -1.83. The van der Waals surface area contributed by atoms with Crippen molar-refractivity contribution in [2.75, 3.05) is 17.2 Å². The SMILES string of the molecule is CCCCn1c(N)c(N(CCC)C(=S)NC2CCCCC2)c(=O)[nH]c1=O. The number of thiocarbonyl (C=S) groups is 1. The Kier molecular flexibility index (Phi) is 7.68. The number of nitrogens with one attached hydrogen (secondary N) is 2. The van der Waals surface area contributed by atoms with Gasteiger partial charge in [0.05, 0.1) is 0 Å². The van der Waals surface area contributed by atoms with Crippen molar-refractivity contribution >= 4 is 28.8 Å². The number of rotatable bonds is 7. The quantitative estimate of drug-likeness (QED) is 0.628. The fourth-order valence-electron chi connectivity index (χ4n) is 3.41. The van der Waals surface area contributed by atoms with Crippen LogP contribution in [0.5, 0.6) is 0 Å². The van der Waals surface area contributed by atoms with E-state index in [0.29, 0.717) is 24.2 Å².